The van der Waals surface area contributed by atoms with E-state index in [-0.39, 0.29) is 6.61 Å². The molecule has 1 unspecified atom stereocenters. The summed E-state index contributed by atoms with van der Waals surface area (Å²) in [6, 6.07) is 27.2. The fraction of sp³-hybridized carbons (Fsp3) is 0.207. The van der Waals surface area contributed by atoms with Crippen LogP contribution in [0.5, 0.6) is 0 Å². The molecule has 36 heavy (non-hydrogen) atoms. The molecule has 1 heterocycles. The van der Waals surface area contributed by atoms with Crippen LogP contribution < -0.4 is 16.1 Å². The molecular weight excluding hydrogens is 450 g/mol. The maximum absolute atomic E-state index is 12.9. The zero-order chi connectivity index (χ0) is 25.7. The highest BCUT2D eigenvalue weighted by atomic mass is 16.5. The Hall–Kier alpha value is -4.39. The summed E-state index contributed by atoms with van der Waals surface area (Å²) in [4.78, 5) is 19.7. The molecule has 4 rings (SSSR count). The zero-order valence-electron chi connectivity index (χ0n) is 20.8. The molecule has 0 saturated carbocycles. The molecule has 1 atom stereocenters. The van der Waals surface area contributed by atoms with E-state index < -0.39 is 17.7 Å². The van der Waals surface area contributed by atoms with Gasteiger partial charge in [-0.3, -0.25) is 15.2 Å². The lowest BCUT2D eigenvalue weighted by atomic mass is 9.92. The maximum atomic E-state index is 12.9. The standard InChI is InChI=1S/C29H31N5O2/c1-20-26(32-28(35)36-19-21-13-7-5-8-14-21)31-25(22-15-9-6-10-16-22)23-17-11-12-18-24(23)34(20)27(33-30)29(2,3)4/h5-18,26H,1,19,30H2,2-4H3,(H,32,35)/b33-27-. The number of anilines is 1. The topological polar surface area (TPSA) is 92.3 Å². The summed E-state index contributed by atoms with van der Waals surface area (Å²) in [5, 5.41) is 7.04. The first kappa shape index (κ1) is 24.7. The first-order valence-electron chi connectivity index (χ1n) is 11.8. The van der Waals surface area contributed by atoms with Crippen LogP contribution in [-0.4, -0.2) is 23.8 Å². The normalized spacial score (nSPS) is 16.0. The lowest BCUT2D eigenvalue weighted by Gasteiger charge is -2.35. The molecule has 184 valence electrons. The number of amides is 1. The minimum Gasteiger partial charge on any atom is -0.445 e. The van der Waals surface area contributed by atoms with Crippen LogP contribution in [0.2, 0.25) is 0 Å². The Balaban J connectivity index is 1.77. The second kappa shape index (κ2) is 10.5. The SMILES string of the molecule is C=C1C(NC(=O)OCc2ccccc2)N=C(c2ccccc2)c2ccccc2N1/C(=N\N)C(C)(C)C. The summed E-state index contributed by atoms with van der Waals surface area (Å²) in [5.74, 6) is 6.51. The molecule has 1 aliphatic heterocycles. The third kappa shape index (κ3) is 5.30. The number of aliphatic imine (C=N–C) groups is 1. The second-order valence-electron chi connectivity index (χ2n) is 9.50. The fourth-order valence-electron chi connectivity index (χ4n) is 4.07. The van der Waals surface area contributed by atoms with Crippen molar-refractivity contribution in [2.75, 3.05) is 4.90 Å². The van der Waals surface area contributed by atoms with Gasteiger partial charge in [0.2, 0.25) is 0 Å². The number of alkyl carbamates (subject to hydrolysis) is 1. The molecule has 0 spiro atoms. The van der Waals surface area contributed by atoms with E-state index in [0.29, 0.717) is 17.2 Å². The van der Waals surface area contributed by atoms with E-state index in [1.165, 1.54) is 0 Å². The minimum atomic E-state index is -0.824. The van der Waals surface area contributed by atoms with Gasteiger partial charge in [-0.05, 0) is 11.6 Å². The van der Waals surface area contributed by atoms with Crippen LogP contribution in [-0.2, 0) is 11.3 Å². The van der Waals surface area contributed by atoms with E-state index >= 15 is 0 Å². The van der Waals surface area contributed by atoms with Gasteiger partial charge in [0.25, 0.3) is 0 Å². The van der Waals surface area contributed by atoms with Crippen molar-refractivity contribution in [1.82, 2.24) is 5.32 Å². The van der Waals surface area contributed by atoms with Crippen LogP contribution >= 0.6 is 0 Å². The van der Waals surface area contributed by atoms with E-state index in [2.05, 4.69) is 17.0 Å². The number of para-hydroxylation sites is 1. The highest BCUT2D eigenvalue weighted by Gasteiger charge is 2.35. The number of nitrogens with zero attached hydrogens (tertiary/aromatic N) is 3. The zero-order valence-corrected chi connectivity index (χ0v) is 20.8. The summed E-state index contributed by atoms with van der Waals surface area (Å²) >= 11 is 0. The number of carbonyl (C=O) groups excluding carboxylic acids is 1. The van der Waals surface area contributed by atoms with Gasteiger partial charge in [-0.2, -0.15) is 5.10 Å². The van der Waals surface area contributed by atoms with Crippen molar-refractivity contribution in [2.45, 2.75) is 33.5 Å². The Morgan fingerprint density at radius 3 is 2.28 bits per heavy atom. The van der Waals surface area contributed by atoms with Crippen LogP contribution in [0, 0.1) is 5.41 Å². The third-order valence-corrected chi connectivity index (χ3v) is 5.78. The second-order valence-corrected chi connectivity index (χ2v) is 9.50. The molecule has 0 radical (unpaired) electrons. The Morgan fingerprint density at radius 1 is 1.03 bits per heavy atom. The predicted molar refractivity (Wildman–Crippen MR) is 145 cm³/mol. The number of nitrogens with one attached hydrogen (secondary N) is 1. The average molecular weight is 482 g/mol. The number of carbonyl (C=O) groups is 1. The van der Waals surface area contributed by atoms with Gasteiger partial charge >= 0.3 is 6.09 Å². The fourth-order valence-corrected chi connectivity index (χ4v) is 4.07. The molecular formula is C29H31N5O2. The minimum absolute atomic E-state index is 0.141. The van der Waals surface area contributed by atoms with Crippen molar-refractivity contribution in [3.63, 3.8) is 0 Å². The predicted octanol–water partition coefficient (Wildman–Crippen LogP) is 5.43. The number of benzene rings is 3. The van der Waals surface area contributed by atoms with E-state index in [4.69, 9.17) is 15.6 Å². The van der Waals surface area contributed by atoms with Crippen molar-refractivity contribution in [3.05, 3.63) is 114 Å². The Labute approximate surface area is 212 Å². The van der Waals surface area contributed by atoms with Crippen LogP contribution in [0.15, 0.2) is 107 Å². The molecule has 0 saturated heterocycles. The molecule has 0 aromatic heterocycles. The van der Waals surface area contributed by atoms with Crippen LogP contribution in [0.1, 0.15) is 37.5 Å². The molecule has 0 bridgehead atoms. The first-order chi connectivity index (χ1) is 17.3. The highest BCUT2D eigenvalue weighted by molar-refractivity contribution is 6.19. The number of fused-ring (bicyclic) bond motifs is 1. The molecule has 7 heteroatoms. The van der Waals surface area contributed by atoms with Gasteiger partial charge in [0, 0.05) is 16.5 Å². The van der Waals surface area contributed by atoms with Gasteiger partial charge in [-0.25, -0.2) is 4.79 Å². The van der Waals surface area contributed by atoms with Crippen molar-refractivity contribution < 1.29 is 9.53 Å². The van der Waals surface area contributed by atoms with Crippen molar-refractivity contribution in [3.8, 4) is 0 Å². The smallest absolute Gasteiger partial charge is 0.409 e. The Bertz CT molecular complexity index is 1290. The molecule has 7 nitrogen and oxygen atoms in total. The van der Waals surface area contributed by atoms with Crippen molar-refractivity contribution >= 4 is 23.3 Å². The van der Waals surface area contributed by atoms with E-state index in [1.54, 1.807) is 0 Å². The van der Waals surface area contributed by atoms with Gasteiger partial charge in [0.15, 0.2) is 6.17 Å². The molecule has 3 N–H and O–H groups in total. The quantitative estimate of drug-likeness (QED) is 0.225. The number of rotatable bonds is 4. The van der Waals surface area contributed by atoms with Crippen molar-refractivity contribution in [1.29, 1.82) is 0 Å². The molecule has 1 aliphatic rings. The lowest BCUT2D eigenvalue weighted by molar-refractivity contribution is 0.137. The van der Waals surface area contributed by atoms with Crippen LogP contribution in [0.3, 0.4) is 0 Å². The summed E-state index contributed by atoms with van der Waals surface area (Å²) in [7, 11) is 0. The van der Waals surface area contributed by atoms with E-state index in [1.807, 2.05) is 111 Å². The van der Waals surface area contributed by atoms with Crippen LogP contribution in [0.25, 0.3) is 0 Å². The number of benzodiazepines with no additional fused rings is 1. The molecule has 3 aromatic carbocycles. The molecule has 0 fully saturated rings. The van der Waals surface area contributed by atoms with E-state index in [0.717, 1.165) is 22.4 Å². The summed E-state index contributed by atoms with van der Waals surface area (Å²) < 4.78 is 5.49. The highest BCUT2D eigenvalue weighted by Crippen LogP contribution is 2.35. The number of hydrazone groups is 1. The third-order valence-electron chi connectivity index (χ3n) is 5.78. The number of ether oxygens (including phenoxy) is 1. The number of hydrogen-bond donors (Lipinski definition) is 2. The van der Waals surface area contributed by atoms with Gasteiger partial charge in [0.05, 0.1) is 17.1 Å². The largest absolute Gasteiger partial charge is 0.445 e. The van der Waals surface area contributed by atoms with Crippen molar-refractivity contribution in [2.24, 2.45) is 21.4 Å². The number of nitrogens with two attached hydrogens (primary N) is 1. The van der Waals surface area contributed by atoms with Crippen LogP contribution in [0.4, 0.5) is 10.5 Å². The maximum Gasteiger partial charge on any atom is 0.409 e. The summed E-state index contributed by atoms with van der Waals surface area (Å²) in [5.41, 5.74) is 4.30. The number of amidine groups is 1. The lowest BCUT2D eigenvalue weighted by Crippen LogP contribution is -2.46. The van der Waals surface area contributed by atoms with E-state index in [9.17, 15) is 4.79 Å². The van der Waals surface area contributed by atoms with Gasteiger partial charge in [0.1, 0.15) is 12.4 Å². The summed E-state index contributed by atoms with van der Waals surface area (Å²) in [6.45, 7) is 10.5. The summed E-state index contributed by atoms with van der Waals surface area (Å²) in [6.07, 6.45) is -1.43. The number of hydrogen-bond acceptors (Lipinski definition) is 5. The van der Waals surface area contributed by atoms with Gasteiger partial charge in [-0.1, -0.05) is 106 Å². The molecule has 0 aliphatic carbocycles. The Kier molecular flexibility index (Phi) is 7.20. The first-order valence-corrected chi connectivity index (χ1v) is 11.8. The van der Waals surface area contributed by atoms with Gasteiger partial charge < -0.3 is 10.6 Å². The monoisotopic (exact) mass is 481 g/mol. The molecule has 3 aromatic rings. The average Bonchev–Trinajstić information content (AvgIpc) is 2.99. The Morgan fingerprint density at radius 2 is 1.64 bits per heavy atom. The van der Waals surface area contributed by atoms with Gasteiger partial charge in [-0.15, -0.1) is 0 Å². The molecule has 1 amide bonds.